The number of hydrogen-bond acceptors (Lipinski definition) is 7. The Hall–Kier alpha value is -3.57. The fraction of sp³-hybridized carbons (Fsp3) is 0.190. The minimum Gasteiger partial charge on any atom is -0.424 e. The molecule has 2 aromatic carbocycles. The molecule has 7 nitrogen and oxygen atoms in total. The molecule has 29 heavy (non-hydrogen) atoms. The molecule has 0 fully saturated rings. The number of aromatic nitrogens is 3. The number of likely N-dealkylation sites (N-methyl/N-ethyl adjacent to an activating group) is 1. The van der Waals surface area contributed by atoms with E-state index in [9.17, 15) is 4.79 Å². The summed E-state index contributed by atoms with van der Waals surface area (Å²) in [6.07, 6.45) is 0.390. The second kappa shape index (κ2) is 8.20. The molecule has 0 aliphatic heterocycles. The highest BCUT2D eigenvalue weighted by molar-refractivity contribution is 7.18. The zero-order valence-corrected chi connectivity index (χ0v) is 16.5. The molecular weight excluding hydrogens is 386 g/mol. The van der Waals surface area contributed by atoms with Crippen molar-refractivity contribution in [2.75, 3.05) is 13.6 Å². The van der Waals surface area contributed by atoms with Gasteiger partial charge in [0.25, 0.3) is 0 Å². The third-order valence-electron chi connectivity index (χ3n) is 4.39. The highest BCUT2D eigenvalue weighted by Gasteiger charge is 2.16. The molecule has 0 spiro atoms. The molecular formula is C21H17N5O2S. The number of thiazole rings is 1. The number of benzene rings is 2. The summed E-state index contributed by atoms with van der Waals surface area (Å²) in [5, 5.41) is 17.5. The summed E-state index contributed by atoms with van der Waals surface area (Å²) in [4.78, 5) is 17.9. The van der Waals surface area contributed by atoms with Crippen LogP contribution in [-0.2, 0) is 17.6 Å². The second-order valence-corrected chi connectivity index (χ2v) is 7.62. The number of nitriles is 1. The van der Waals surface area contributed by atoms with Crippen LogP contribution in [0.3, 0.4) is 0 Å². The molecule has 0 aliphatic carbocycles. The van der Waals surface area contributed by atoms with Gasteiger partial charge >= 0.3 is 0 Å². The third-order valence-corrected chi connectivity index (χ3v) is 5.41. The Morgan fingerprint density at radius 2 is 1.93 bits per heavy atom. The molecule has 0 saturated carbocycles. The van der Waals surface area contributed by atoms with Gasteiger partial charge in [-0.05, 0) is 23.3 Å². The maximum absolute atomic E-state index is 12.0. The van der Waals surface area contributed by atoms with E-state index in [2.05, 4.69) is 39.4 Å². The molecule has 144 valence electrons. The van der Waals surface area contributed by atoms with E-state index in [0.717, 1.165) is 26.4 Å². The van der Waals surface area contributed by atoms with Crippen molar-refractivity contribution in [2.24, 2.45) is 0 Å². The first kappa shape index (κ1) is 18.8. The normalized spacial score (nSPS) is 10.8. The fourth-order valence-electron chi connectivity index (χ4n) is 2.88. The maximum Gasteiger partial charge on any atom is 0.232 e. The predicted molar refractivity (Wildman–Crippen MR) is 109 cm³/mol. The molecule has 0 bridgehead atoms. The van der Waals surface area contributed by atoms with Gasteiger partial charge in [-0.2, -0.15) is 5.26 Å². The topological polar surface area (TPSA) is 95.9 Å². The molecule has 8 heteroatoms. The Morgan fingerprint density at radius 1 is 1.14 bits per heavy atom. The summed E-state index contributed by atoms with van der Waals surface area (Å²) in [7, 11) is 1.56. The Labute approximate surface area is 171 Å². The minimum atomic E-state index is -0.241. The lowest BCUT2D eigenvalue weighted by atomic mass is 10.1. The van der Waals surface area contributed by atoms with Gasteiger partial charge in [-0.15, -0.1) is 21.5 Å². The number of fused-ring (bicyclic) bond motifs is 1. The molecule has 4 aromatic rings. The second-order valence-electron chi connectivity index (χ2n) is 6.51. The van der Waals surface area contributed by atoms with E-state index in [-0.39, 0.29) is 24.8 Å². The van der Waals surface area contributed by atoms with Gasteiger partial charge in [0.2, 0.25) is 17.7 Å². The van der Waals surface area contributed by atoms with Crippen molar-refractivity contribution in [1.29, 1.82) is 5.26 Å². The maximum atomic E-state index is 12.0. The van der Waals surface area contributed by atoms with Crippen LogP contribution in [0.25, 0.3) is 21.3 Å². The van der Waals surface area contributed by atoms with E-state index in [1.54, 1.807) is 18.4 Å². The van der Waals surface area contributed by atoms with Crippen LogP contribution in [0.1, 0.15) is 16.8 Å². The van der Waals surface area contributed by atoms with Crippen LogP contribution in [-0.4, -0.2) is 39.6 Å². The van der Waals surface area contributed by atoms with Gasteiger partial charge in [0.1, 0.15) is 18.0 Å². The van der Waals surface area contributed by atoms with Crippen LogP contribution in [0.4, 0.5) is 0 Å². The van der Waals surface area contributed by atoms with E-state index in [1.165, 1.54) is 4.90 Å². The standard InChI is InChI=1S/C21H17N5O2S/c1-26(10-9-22)21(27)13-19-25-24-18(28-19)12-20-23-16-8-7-15(11-17(16)29-20)14-5-3-2-4-6-14/h2-8,11H,10,12-13H2,1H3. The average molecular weight is 403 g/mol. The summed E-state index contributed by atoms with van der Waals surface area (Å²) in [5.41, 5.74) is 3.24. The summed E-state index contributed by atoms with van der Waals surface area (Å²) in [6.45, 7) is 0.0243. The molecule has 0 radical (unpaired) electrons. The van der Waals surface area contributed by atoms with Crippen LogP contribution in [0.2, 0.25) is 0 Å². The van der Waals surface area contributed by atoms with E-state index in [4.69, 9.17) is 9.68 Å². The Morgan fingerprint density at radius 3 is 2.72 bits per heavy atom. The van der Waals surface area contributed by atoms with Crippen LogP contribution in [0, 0.1) is 11.3 Å². The minimum absolute atomic E-state index is 0.0224. The lowest BCUT2D eigenvalue weighted by Gasteiger charge is -2.10. The van der Waals surface area contributed by atoms with Crippen molar-refractivity contribution in [1.82, 2.24) is 20.1 Å². The lowest BCUT2D eigenvalue weighted by Crippen LogP contribution is -2.28. The Bertz CT molecular complexity index is 1190. The van der Waals surface area contributed by atoms with Crippen LogP contribution in [0.5, 0.6) is 0 Å². The molecule has 1 amide bonds. The van der Waals surface area contributed by atoms with Gasteiger partial charge in [0, 0.05) is 7.05 Å². The van der Waals surface area contributed by atoms with Gasteiger partial charge in [-0.25, -0.2) is 4.98 Å². The van der Waals surface area contributed by atoms with Crippen LogP contribution < -0.4 is 0 Å². The molecule has 0 atom stereocenters. The van der Waals surface area contributed by atoms with Crippen molar-refractivity contribution in [3.63, 3.8) is 0 Å². The van der Waals surface area contributed by atoms with Gasteiger partial charge in [-0.1, -0.05) is 36.4 Å². The van der Waals surface area contributed by atoms with Gasteiger partial charge in [0.15, 0.2) is 0 Å². The third kappa shape index (κ3) is 4.31. The first-order chi connectivity index (χ1) is 14.1. The monoisotopic (exact) mass is 403 g/mol. The van der Waals surface area contributed by atoms with E-state index in [1.807, 2.05) is 30.3 Å². The lowest BCUT2D eigenvalue weighted by molar-refractivity contribution is -0.128. The largest absolute Gasteiger partial charge is 0.424 e. The van der Waals surface area contributed by atoms with Gasteiger partial charge in [-0.3, -0.25) is 4.79 Å². The van der Waals surface area contributed by atoms with Crippen molar-refractivity contribution >= 4 is 27.5 Å². The van der Waals surface area contributed by atoms with Crippen molar-refractivity contribution in [2.45, 2.75) is 12.8 Å². The molecule has 0 saturated heterocycles. The Kier molecular flexibility index (Phi) is 5.31. The summed E-state index contributed by atoms with van der Waals surface area (Å²) in [6, 6.07) is 18.4. The molecule has 0 aliphatic rings. The molecule has 2 aromatic heterocycles. The first-order valence-corrected chi connectivity index (χ1v) is 9.81. The quantitative estimate of drug-likeness (QED) is 0.458. The van der Waals surface area contributed by atoms with Crippen LogP contribution in [0.15, 0.2) is 52.9 Å². The molecule has 0 N–H and O–H groups in total. The van der Waals surface area contributed by atoms with Gasteiger partial charge in [0.05, 0.1) is 22.7 Å². The van der Waals surface area contributed by atoms with E-state index < -0.39 is 0 Å². The zero-order valence-electron chi connectivity index (χ0n) is 15.7. The smallest absolute Gasteiger partial charge is 0.232 e. The van der Waals surface area contributed by atoms with Crippen molar-refractivity contribution in [3.05, 3.63) is 65.3 Å². The fourth-order valence-corrected chi connectivity index (χ4v) is 3.87. The van der Waals surface area contributed by atoms with E-state index in [0.29, 0.717) is 12.3 Å². The highest BCUT2D eigenvalue weighted by atomic mass is 32.1. The van der Waals surface area contributed by atoms with Crippen LogP contribution >= 0.6 is 11.3 Å². The molecule has 2 heterocycles. The predicted octanol–water partition coefficient (Wildman–Crippen LogP) is 3.46. The number of hydrogen-bond donors (Lipinski definition) is 0. The molecule has 0 unspecified atom stereocenters. The summed E-state index contributed by atoms with van der Waals surface area (Å²) in [5.74, 6) is 0.413. The summed E-state index contributed by atoms with van der Waals surface area (Å²) >= 11 is 1.59. The summed E-state index contributed by atoms with van der Waals surface area (Å²) < 4.78 is 6.68. The van der Waals surface area contributed by atoms with Crippen molar-refractivity contribution < 1.29 is 9.21 Å². The molecule has 4 rings (SSSR count). The van der Waals surface area contributed by atoms with Crippen molar-refractivity contribution in [3.8, 4) is 17.2 Å². The van der Waals surface area contributed by atoms with E-state index >= 15 is 0 Å². The number of rotatable bonds is 6. The average Bonchev–Trinajstić information content (AvgIpc) is 3.34. The zero-order chi connectivity index (χ0) is 20.2. The number of carbonyl (C=O) groups excluding carboxylic acids is 1. The highest BCUT2D eigenvalue weighted by Crippen LogP contribution is 2.29. The number of nitrogens with zero attached hydrogens (tertiary/aromatic N) is 5. The number of amides is 1. The first-order valence-electron chi connectivity index (χ1n) is 8.99. The van der Waals surface area contributed by atoms with Gasteiger partial charge < -0.3 is 9.32 Å². The Balaban J connectivity index is 1.48. The number of carbonyl (C=O) groups is 1. The SMILES string of the molecule is CN(CC#N)C(=O)Cc1nnc(Cc2nc3ccc(-c4ccccc4)cc3s2)o1.